The largest absolute Gasteiger partial charge is 0.454 e. The fourth-order valence-electron chi connectivity index (χ4n) is 2.73. The van der Waals surface area contributed by atoms with Crippen LogP contribution in [-0.4, -0.2) is 28.5 Å². The van der Waals surface area contributed by atoms with Crippen molar-refractivity contribution in [3.05, 3.63) is 76.8 Å². The van der Waals surface area contributed by atoms with E-state index < -0.39 is 5.97 Å². The van der Waals surface area contributed by atoms with Crippen LogP contribution in [0.15, 0.2) is 58.2 Å². The molecule has 29 heavy (non-hydrogen) atoms. The molecule has 0 aliphatic heterocycles. The topological polar surface area (TPSA) is 82.3 Å². The fourth-order valence-corrected chi connectivity index (χ4v) is 3.59. The van der Waals surface area contributed by atoms with Gasteiger partial charge in [0.1, 0.15) is 10.8 Å². The van der Waals surface area contributed by atoms with Crippen molar-refractivity contribution in [3.8, 4) is 0 Å². The monoisotopic (exact) mass is 410 g/mol. The summed E-state index contributed by atoms with van der Waals surface area (Å²) < 4.78 is 10.3. The Kier molecular flexibility index (Phi) is 7.19. The molecule has 0 aliphatic carbocycles. The Morgan fingerprint density at radius 2 is 1.97 bits per heavy atom. The molecule has 0 amide bonds. The zero-order valence-corrected chi connectivity index (χ0v) is 17.2. The lowest BCUT2D eigenvalue weighted by Crippen LogP contribution is -2.15. The molecule has 2 heterocycles. The molecular weight excluding hydrogens is 388 g/mol. The molecule has 150 valence electrons. The molecule has 0 N–H and O–H groups in total. The van der Waals surface area contributed by atoms with Gasteiger partial charge in [0.15, 0.2) is 12.4 Å². The van der Waals surface area contributed by atoms with E-state index >= 15 is 0 Å². The van der Waals surface area contributed by atoms with Crippen molar-refractivity contribution in [2.75, 3.05) is 6.61 Å². The third-order valence-electron chi connectivity index (χ3n) is 4.17. The van der Waals surface area contributed by atoms with E-state index in [9.17, 15) is 9.59 Å². The van der Waals surface area contributed by atoms with Crippen molar-refractivity contribution in [3.63, 3.8) is 0 Å². The number of aromatic nitrogens is 2. The molecule has 2 aromatic heterocycles. The number of ether oxygens (including phenoxy) is 1. The quantitative estimate of drug-likeness (QED) is 0.288. The van der Waals surface area contributed by atoms with Gasteiger partial charge in [-0.25, -0.2) is 9.78 Å². The lowest BCUT2D eigenvalue weighted by Gasteiger charge is -2.08. The van der Waals surface area contributed by atoms with Gasteiger partial charge in [-0.1, -0.05) is 54.5 Å². The van der Waals surface area contributed by atoms with E-state index in [4.69, 9.17) is 9.26 Å². The van der Waals surface area contributed by atoms with Crippen LogP contribution in [0, 0.1) is 6.92 Å². The first-order chi connectivity index (χ1) is 14.1. The second kappa shape index (κ2) is 10.0. The maximum Gasteiger partial charge on any atom is 0.341 e. The number of carbonyl (C=O) groups is 2. The number of hydrogen-bond acceptors (Lipinski definition) is 7. The molecule has 3 aromatic rings. The molecule has 0 saturated carbocycles. The van der Waals surface area contributed by atoms with Crippen molar-refractivity contribution in [2.24, 2.45) is 0 Å². The van der Waals surface area contributed by atoms with Crippen LogP contribution in [0.5, 0.6) is 0 Å². The molecule has 0 aliphatic rings. The Bertz CT molecular complexity index is 982. The predicted molar refractivity (Wildman–Crippen MR) is 110 cm³/mol. The second-order valence-electron chi connectivity index (χ2n) is 6.52. The van der Waals surface area contributed by atoms with Crippen molar-refractivity contribution in [1.82, 2.24) is 10.1 Å². The molecule has 6 nitrogen and oxygen atoms in total. The van der Waals surface area contributed by atoms with Gasteiger partial charge in [0.25, 0.3) is 0 Å². The van der Waals surface area contributed by atoms with E-state index in [1.54, 1.807) is 30.5 Å². The summed E-state index contributed by atoms with van der Waals surface area (Å²) in [5, 5.41) is 4.45. The number of aryl methyl sites for hydroxylation is 2. The highest BCUT2D eigenvalue weighted by Crippen LogP contribution is 2.24. The van der Waals surface area contributed by atoms with Crippen LogP contribution in [0.2, 0.25) is 0 Å². The number of hydrogen-bond donors (Lipinski definition) is 0. The summed E-state index contributed by atoms with van der Waals surface area (Å²) in [6.07, 6.45) is 3.63. The standard InChI is InChI=1S/C22H22N2O4S/c1-3-5-16-7-9-17(10-8-16)20(25)13-27-22(26)19-6-4-11-23-21(19)29-14-18-12-15(2)28-24-18/h4,6-12H,3,5,13-14H2,1-2H3. The molecule has 0 fully saturated rings. The van der Waals surface area contributed by atoms with Gasteiger partial charge in [-0.3, -0.25) is 4.79 Å². The van der Waals surface area contributed by atoms with Gasteiger partial charge in [0.05, 0.1) is 11.3 Å². The minimum atomic E-state index is -0.576. The van der Waals surface area contributed by atoms with E-state index in [2.05, 4.69) is 17.1 Å². The Morgan fingerprint density at radius 1 is 1.17 bits per heavy atom. The van der Waals surface area contributed by atoms with E-state index in [1.165, 1.54) is 17.3 Å². The van der Waals surface area contributed by atoms with E-state index in [0.717, 1.165) is 24.3 Å². The first kappa shape index (κ1) is 20.8. The van der Waals surface area contributed by atoms with E-state index in [-0.39, 0.29) is 12.4 Å². The van der Waals surface area contributed by atoms with Crippen molar-refractivity contribution in [2.45, 2.75) is 37.5 Å². The zero-order valence-electron chi connectivity index (χ0n) is 16.4. The first-order valence-electron chi connectivity index (χ1n) is 9.36. The summed E-state index contributed by atoms with van der Waals surface area (Å²) in [6.45, 7) is 3.61. The number of pyridine rings is 1. The highest BCUT2D eigenvalue weighted by molar-refractivity contribution is 7.98. The molecule has 0 radical (unpaired) electrons. The molecule has 0 atom stereocenters. The Balaban J connectivity index is 1.59. The van der Waals surface area contributed by atoms with Gasteiger partial charge in [-0.15, -0.1) is 0 Å². The Hall–Kier alpha value is -2.93. The number of nitrogens with zero attached hydrogens (tertiary/aromatic N) is 2. The van der Waals surface area contributed by atoms with Gasteiger partial charge >= 0.3 is 5.97 Å². The number of thioether (sulfide) groups is 1. The van der Waals surface area contributed by atoms with Gasteiger partial charge in [-0.2, -0.15) is 0 Å². The van der Waals surface area contributed by atoms with Crippen molar-refractivity contribution >= 4 is 23.5 Å². The van der Waals surface area contributed by atoms with Crippen LogP contribution in [0.1, 0.15) is 51.1 Å². The number of esters is 1. The second-order valence-corrected chi connectivity index (χ2v) is 7.48. The Labute approximate surface area is 173 Å². The van der Waals surface area contributed by atoms with Crippen LogP contribution < -0.4 is 0 Å². The third-order valence-corrected chi connectivity index (χ3v) is 5.21. The van der Waals surface area contributed by atoms with Crippen LogP contribution in [-0.2, 0) is 16.9 Å². The number of carbonyl (C=O) groups excluding carboxylic acids is 2. The van der Waals surface area contributed by atoms with E-state index in [1.807, 2.05) is 25.1 Å². The van der Waals surface area contributed by atoms with Gasteiger partial charge < -0.3 is 9.26 Å². The Morgan fingerprint density at radius 3 is 2.66 bits per heavy atom. The zero-order chi connectivity index (χ0) is 20.6. The lowest BCUT2D eigenvalue weighted by atomic mass is 10.1. The SMILES string of the molecule is CCCc1ccc(C(=O)COC(=O)c2cccnc2SCc2cc(C)on2)cc1. The number of rotatable bonds is 9. The molecule has 3 rings (SSSR count). The summed E-state index contributed by atoms with van der Waals surface area (Å²) in [5.74, 6) is 0.422. The van der Waals surface area contributed by atoms with Crippen molar-refractivity contribution < 1.29 is 18.8 Å². The smallest absolute Gasteiger partial charge is 0.341 e. The highest BCUT2D eigenvalue weighted by Gasteiger charge is 2.17. The molecular formula is C22H22N2O4S. The van der Waals surface area contributed by atoms with E-state index in [0.29, 0.717) is 21.9 Å². The lowest BCUT2D eigenvalue weighted by molar-refractivity contribution is 0.0470. The summed E-state index contributed by atoms with van der Waals surface area (Å²) in [5.41, 5.74) is 2.79. The predicted octanol–water partition coefficient (Wildman–Crippen LogP) is 4.66. The average Bonchev–Trinajstić information content (AvgIpc) is 3.16. The first-order valence-corrected chi connectivity index (χ1v) is 10.3. The summed E-state index contributed by atoms with van der Waals surface area (Å²) in [7, 11) is 0. The fraction of sp³-hybridized carbons (Fsp3) is 0.273. The summed E-state index contributed by atoms with van der Waals surface area (Å²) in [6, 6.07) is 12.5. The van der Waals surface area contributed by atoms with Gasteiger partial charge in [-0.05, 0) is 31.0 Å². The minimum Gasteiger partial charge on any atom is -0.454 e. The molecule has 1 aromatic carbocycles. The third kappa shape index (κ3) is 5.77. The number of benzene rings is 1. The molecule has 0 unspecified atom stereocenters. The maximum absolute atomic E-state index is 12.5. The summed E-state index contributed by atoms with van der Waals surface area (Å²) >= 11 is 1.36. The molecule has 0 bridgehead atoms. The minimum absolute atomic E-state index is 0.238. The summed E-state index contributed by atoms with van der Waals surface area (Å²) in [4.78, 5) is 29.1. The van der Waals surface area contributed by atoms with Crippen molar-refractivity contribution in [1.29, 1.82) is 0 Å². The van der Waals surface area contributed by atoms with Crippen LogP contribution in [0.4, 0.5) is 0 Å². The maximum atomic E-state index is 12.5. The van der Waals surface area contributed by atoms with Crippen LogP contribution >= 0.6 is 11.8 Å². The number of ketones is 1. The molecule has 0 spiro atoms. The number of Topliss-reactive ketones (excluding diaryl/α,β-unsaturated/α-hetero) is 1. The van der Waals surface area contributed by atoms with Gasteiger partial charge in [0.2, 0.25) is 0 Å². The average molecular weight is 410 g/mol. The van der Waals surface area contributed by atoms with Crippen LogP contribution in [0.25, 0.3) is 0 Å². The molecule has 0 saturated heterocycles. The highest BCUT2D eigenvalue weighted by atomic mass is 32.2. The van der Waals surface area contributed by atoms with Gasteiger partial charge in [0, 0.05) is 23.6 Å². The normalized spacial score (nSPS) is 10.7. The van der Waals surface area contributed by atoms with Crippen LogP contribution in [0.3, 0.4) is 0 Å². The molecule has 7 heteroatoms.